The quantitative estimate of drug-likeness (QED) is 0.832. The van der Waals surface area contributed by atoms with Crippen LogP contribution in [-0.4, -0.2) is 47.7 Å². The number of nitrogens with one attached hydrogen (secondary N) is 1. The van der Waals surface area contributed by atoms with Crippen molar-refractivity contribution in [3.63, 3.8) is 0 Å². The number of amides is 3. The lowest BCUT2D eigenvalue weighted by Crippen LogP contribution is -2.33. The van der Waals surface area contributed by atoms with Crippen LogP contribution in [0.4, 0.5) is 5.69 Å². The minimum absolute atomic E-state index is 0.121. The van der Waals surface area contributed by atoms with Crippen LogP contribution in [0.1, 0.15) is 50.7 Å². The molecule has 3 amide bonds. The van der Waals surface area contributed by atoms with E-state index in [0.29, 0.717) is 23.4 Å². The van der Waals surface area contributed by atoms with Crippen LogP contribution in [-0.2, 0) is 4.79 Å². The van der Waals surface area contributed by atoms with E-state index in [0.717, 1.165) is 24.3 Å². The van der Waals surface area contributed by atoms with Crippen LogP contribution in [0, 0.1) is 6.92 Å². The van der Waals surface area contributed by atoms with Crippen LogP contribution in [0.3, 0.4) is 0 Å². The topological polar surface area (TPSA) is 69.7 Å². The third-order valence-electron chi connectivity index (χ3n) is 5.55. The first-order valence-corrected chi connectivity index (χ1v) is 9.51. The Bertz CT molecular complexity index is 952. The highest BCUT2D eigenvalue weighted by molar-refractivity contribution is 6.21. The molecule has 144 valence electrons. The fraction of sp³-hybridized carbons (Fsp3) is 0.318. The maximum Gasteiger partial charge on any atom is 0.261 e. The maximum absolute atomic E-state index is 12.6. The number of carbonyl (C=O) groups is 3. The Balaban J connectivity index is 1.44. The average Bonchev–Trinajstić information content (AvgIpc) is 3.22. The Morgan fingerprint density at radius 3 is 2.54 bits per heavy atom. The number of anilines is 1. The minimum Gasteiger partial charge on any atom is -0.325 e. The third kappa shape index (κ3) is 3.31. The summed E-state index contributed by atoms with van der Waals surface area (Å²) in [5.74, 6) is -0.768. The standard InChI is InChI=1S/C22H23N3O3/c1-14-5-7-15(8-6-14)19-4-3-11-25(19)13-20(26)23-16-9-10-17-18(12-16)22(28)24(2)21(17)27/h5-10,12,19H,3-4,11,13H2,1-2H3,(H,23,26). The zero-order valence-electron chi connectivity index (χ0n) is 16.1. The molecule has 2 aromatic rings. The van der Waals surface area contributed by atoms with E-state index >= 15 is 0 Å². The maximum atomic E-state index is 12.6. The van der Waals surface area contributed by atoms with E-state index in [2.05, 4.69) is 41.4 Å². The first-order chi connectivity index (χ1) is 13.4. The van der Waals surface area contributed by atoms with Gasteiger partial charge in [-0.25, -0.2) is 0 Å². The van der Waals surface area contributed by atoms with E-state index < -0.39 is 0 Å². The zero-order chi connectivity index (χ0) is 19.8. The van der Waals surface area contributed by atoms with Gasteiger partial charge in [0.1, 0.15) is 0 Å². The molecule has 6 heteroatoms. The fourth-order valence-corrected chi connectivity index (χ4v) is 4.01. The van der Waals surface area contributed by atoms with Gasteiger partial charge in [-0.3, -0.25) is 24.2 Å². The molecule has 2 heterocycles. The number of aryl methyl sites for hydroxylation is 1. The summed E-state index contributed by atoms with van der Waals surface area (Å²) in [5, 5.41) is 2.87. The predicted molar refractivity (Wildman–Crippen MR) is 106 cm³/mol. The summed E-state index contributed by atoms with van der Waals surface area (Å²) < 4.78 is 0. The van der Waals surface area contributed by atoms with Crippen molar-refractivity contribution >= 4 is 23.4 Å². The number of fused-ring (bicyclic) bond motifs is 1. The first kappa shape index (κ1) is 18.4. The van der Waals surface area contributed by atoms with Crippen LogP contribution in [0.15, 0.2) is 42.5 Å². The van der Waals surface area contributed by atoms with Crippen molar-refractivity contribution in [1.29, 1.82) is 0 Å². The van der Waals surface area contributed by atoms with E-state index in [1.807, 2.05) is 0 Å². The van der Waals surface area contributed by atoms with E-state index in [9.17, 15) is 14.4 Å². The molecule has 0 bridgehead atoms. The van der Waals surface area contributed by atoms with Crippen LogP contribution in [0.5, 0.6) is 0 Å². The molecule has 1 unspecified atom stereocenters. The van der Waals surface area contributed by atoms with Gasteiger partial charge in [-0.05, 0) is 50.1 Å². The van der Waals surface area contributed by atoms with E-state index in [1.165, 1.54) is 18.2 Å². The number of imide groups is 1. The predicted octanol–water partition coefficient (Wildman–Crippen LogP) is 3.00. The van der Waals surface area contributed by atoms with Gasteiger partial charge in [0.25, 0.3) is 11.8 Å². The highest BCUT2D eigenvalue weighted by Gasteiger charge is 2.33. The molecule has 6 nitrogen and oxygen atoms in total. The molecule has 2 aliphatic heterocycles. The molecule has 2 aliphatic rings. The van der Waals surface area contributed by atoms with Gasteiger partial charge in [-0.2, -0.15) is 0 Å². The summed E-state index contributed by atoms with van der Waals surface area (Å²) in [5.41, 5.74) is 3.71. The molecular weight excluding hydrogens is 354 g/mol. The molecule has 0 saturated carbocycles. The number of carbonyl (C=O) groups excluding carboxylic acids is 3. The molecule has 0 spiro atoms. The largest absolute Gasteiger partial charge is 0.325 e. The highest BCUT2D eigenvalue weighted by Crippen LogP contribution is 2.32. The lowest BCUT2D eigenvalue weighted by atomic mass is 10.0. The molecule has 28 heavy (non-hydrogen) atoms. The zero-order valence-corrected chi connectivity index (χ0v) is 16.1. The SMILES string of the molecule is Cc1ccc(C2CCCN2CC(=O)Nc2ccc3c(c2)C(=O)N(C)C3=O)cc1. The normalized spacial score (nSPS) is 19.2. The van der Waals surface area contributed by atoms with Gasteiger partial charge < -0.3 is 5.32 Å². The lowest BCUT2D eigenvalue weighted by molar-refractivity contribution is -0.117. The fourth-order valence-electron chi connectivity index (χ4n) is 4.01. The van der Waals surface area contributed by atoms with Gasteiger partial charge in [-0.1, -0.05) is 29.8 Å². The lowest BCUT2D eigenvalue weighted by Gasteiger charge is -2.24. The number of rotatable bonds is 4. The smallest absolute Gasteiger partial charge is 0.261 e. The monoisotopic (exact) mass is 377 g/mol. The summed E-state index contributed by atoms with van der Waals surface area (Å²) in [4.78, 5) is 40.0. The van der Waals surface area contributed by atoms with Gasteiger partial charge in [0.2, 0.25) is 5.91 Å². The van der Waals surface area contributed by atoms with Gasteiger partial charge in [0, 0.05) is 18.8 Å². The number of hydrogen-bond acceptors (Lipinski definition) is 4. The summed E-state index contributed by atoms with van der Waals surface area (Å²) in [7, 11) is 1.46. The number of likely N-dealkylation sites (tertiary alicyclic amines) is 1. The van der Waals surface area contributed by atoms with E-state index in [4.69, 9.17) is 0 Å². The van der Waals surface area contributed by atoms with Crippen molar-refractivity contribution in [3.8, 4) is 0 Å². The summed E-state index contributed by atoms with van der Waals surface area (Å²) in [6.45, 7) is 3.24. The number of hydrogen-bond donors (Lipinski definition) is 1. The van der Waals surface area contributed by atoms with Gasteiger partial charge in [0.05, 0.1) is 17.7 Å². The summed E-state index contributed by atoms with van der Waals surface area (Å²) in [6.07, 6.45) is 2.10. The molecule has 2 aromatic carbocycles. The van der Waals surface area contributed by atoms with E-state index in [-0.39, 0.29) is 23.8 Å². The Hall–Kier alpha value is -2.99. The number of nitrogens with zero attached hydrogens (tertiary/aromatic N) is 2. The third-order valence-corrected chi connectivity index (χ3v) is 5.55. The van der Waals surface area contributed by atoms with Crippen LogP contribution in [0.2, 0.25) is 0 Å². The second-order valence-corrected chi connectivity index (χ2v) is 7.52. The van der Waals surface area contributed by atoms with Crippen LogP contribution >= 0.6 is 0 Å². The highest BCUT2D eigenvalue weighted by atomic mass is 16.2. The molecule has 0 radical (unpaired) electrons. The Labute approximate surface area is 164 Å². The Morgan fingerprint density at radius 2 is 1.79 bits per heavy atom. The molecular formula is C22H23N3O3. The Kier molecular flexibility index (Phi) is 4.73. The molecule has 4 rings (SSSR count). The van der Waals surface area contributed by atoms with Crippen molar-refractivity contribution in [3.05, 3.63) is 64.7 Å². The van der Waals surface area contributed by atoms with Crippen molar-refractivity contribution in [2.45, 2.75) is 25.8 Å². The van der Waals surface area contributed by atoms with Crippen LogP contribution in [0.25, 0.3) is 0 Å². The van der Waals surface area contributed by atoms with E-state index in [1.54, 1.807) is 18.2 Å². The second-order valence-electron chi connectivity index (χ2n) is 7.52. The van der Waals surface area contributed by atoms with Gasteiger partial charge in [-0.15, -0.1) is 0 Å². The Morgan fingerprint density at radius 1 is 1.07 bits per heavy atom. The van der Waals surface area contributed by atoms with Crippen molar-refractivity contribution in [2.75, 3.05) is 25.5 Å². The molecule has 0 aliphatic carbocycles. The molecule has 1 saturated heterocycles. The van der Waals surface area contributed by atoms with Crippen molar-refractivity contribution < 1.29 is 14.4 Å². The average molecular weight is 377 g/mol. The first-order valence-electron chi connectivity index (χ1n) is 9.51. The molecule has 1 atom stereocenters. The minimum atomic E-state index is -0.338. The van der Waals surface area contributed by atoms with Crippen molar-refractivity contribution in [1.82, 2.24) is 9.80 Å². The summed E-state index contributed by atoms with van der Waals surface area (Å²) >= 11 is 0. The summed E-state index contributed by atoms with van der Waals surface area (Å²) in [6, 6.07) is 13.6. The van der Waals surface area contributed by atoms with Crippen LogP contribution < -0.4 is 5.32 Å². The molecule has 1 N–H and O–H groups in total. The number of benzene rings is 2. The van der Waals surface area contributed by atoms with Crippen molar-refractivity contribution in [2.24, 2.45) is 0 Å². The molecule has 1 fully saturated rings. The van der Waals surface area contributed by atoms with Gasteiger partial charge >= 0.3 is 0 Å². The molecule has 0 aromatic heterocycles. The second kappa shape index (κ2) is 7.20. The van der Waals surface area contributed by atoms with Gasteiger partial charge in [0.15, 0.2) is 0 Å².